The Balaban J connectivity index is 0.00000612. The zero-order valence-electron chi connectivity index (χ0n) is 22.3. The minimum atomic E-state index is -0.721. The van der Waals surface area contributed by atoms with Crippen molar-refractivity contribution in [3.05, 3.63) is 47.0 Å². The van der Waals surface area contributed by atoms with Crippen LogP contribution in [0.3, 0.4) is 0 Å². The molecule has 0 fully saturated rings. The number of rotatable bonds is 8. The van der Waals surface area contributed by atoms with Crippen LogP contribution in [0, 0.1) is 11.3 Å². The summed E-state index contributed by atoms with van der Waals surface area (Å²) in [6.45, 7) is 14.2. The van der Waals surface area contributed by atoms with E-state index in [1.165, 1.54) is 5.56 Å². The van der Waals surface area contributed by atoms with Crippen LogP contribution in [0.15, 0.2) is 35.9 Å². The first kappa shape index (κ1) is 30.7. The summed E-state index contributed by atoms with van der Waals surface area (Å²) in [5.74, 6) is -0.705. The first-order valence-electron chi connectivity index (χ1n) is 12.1. The lowest BCUT2D eigenvalue weighted by atomic mass is 9.84. The lowest BCUT2D eigenvalue weighted by molar-refractivity contribution is -0.141. The molecule has 1 aliphatic heterocycles. The summed E-state index contributed by atoms with van der Waals surface area (Å²) in [7, 11) is 1.72. The number of hydrogen-bond acceptors (Lipinski definition) is 5. The van der Waals surface area contributed by atoms with Gasteiger partial charge in [-0.15, -0.1) is 12.4 Å². The Bertz CT molecular complexity index is 923. The van der Waals surface area contributed by atoms with Crippen molar-refractivity contribution < 1.29 is 19.1 Å². The van der Waals surface area contributed by atoms with Crippen molar-refractivity contribution in [2.75, 3.05) is 13.7 Å². The van der Waals surface area contributed by atoms with Gasteiger partial charge >= 0.3 is 5.97 Å². The third-order valence-electron chi connectivity index (χ3n) is 6.29. The number of benzene rings is 1. The molecule has 8 heteroatoms. The molecule has 0 saturated carbocycles. The average molecular weight is 508 g/mol. The number of fused-ring (bicyclic) bond motifs is 1. The van der Waals surface area contributed by atoms with Gasteiger partial charge in [0.05, 0.1) is 18.7 Å². The second kappa shape index (κ2) is 13.1. The molecule has 0 spiro atoms. The van der Waals surface area contributed by atoms with Gasteiger partial charge in [0.1, 0.15) is 6.04 Å². The maximum absolute atomic E-state index is 13.7. The summed E-state index contributed by atoms with van der Waals surface area (Å²) in [5, 5.41) is 6.32. The van der Waals surface area contributed by atoms with Crippen molar-refractivity contribution in [3.8, 4) is 0 Å². The molecular formula is C27H42ClN3O4. The van der Waals surface area contributed by atoms with Gasteiger partial charge < -0.3 is 20.3 Å². The van der Waals surface area contributed by atoms with Crippen LogP contribution < -0.4 is 10.6 Å². The van der Waals surface area contributed by atoms with Crippen LogP contribution in [0.5, 0.6) is 0 Å². The largest absolute Gasteiger partial charge is 0.463 e. The van der Waals surface area contributed by atoms with Crippen molar-refractivity contribution in [1.82, 2.24) is 15.5 Å². The highest BCUT2D eigenvalue weighted by Gasteiger charge is 2.38. The third-order valence-corrected chi connectivity index (χ3v) is 6.29. The van der Waals surface area contributed by atoms with Crippen LogP contribution in [-0.4, -0.2) is 54.5 Å². The van der Waals surface area contributed by atoms with E-state index in [1.54, 1.807) is 31.9 Å². The summed E-state index contributed by atoms with van der Waals surface area (Å²) in [6, 6.07) is 6.64. The molecular weight excluding hydrogens is 466 g/mol. The maximum Gasteiger partial charge on any atom is 0.333 e. The average Bonchev–Trinajstić information content (AvgIpc) is 2.78. The number of ether oxygens (including phenoxy) is 1. The van der Waals surface area contributed by atoms with Crippen molar-refractivity contribution in [2.45, 2.75) is 79.6 Å². The number of halogens is 1. The number of nitrogens with one attached hydrogen (secondary N) is 2. The van der Waals surface area contributed by atoms with Crippen LogP contribution in [0.2, 0.25) is 0 Å². The quantitative estimate of drug-likeness (QED) is 0.414. The van der Waals surface area contributed by atoms with Crippen LogP contribution in [0.25, 0.3) is 0 Å². The Morgan fingerprint density at radius 2 is 1.80 bits per heavy atom. The molecule has 1 unspecified atom stereocenters. The number of nitrogens with zero attached hydrogens (tertiary/aromatic N) is 1. The lowest BCUT2D eigenvalue weighted by Crippen LogP contribution is -2.59. The van der Waals surface area contributed by atoms with Gasteiger partial charge in [0.15, 0.2) is 0 Å². The number of hydrogen-bond donors (Lipinski definition) is 2. The highest BCUT2D eigenvalue weighted by atomic mass is 35.5. The summed E-state index contributed by atoms with van der Waals surface area (Å²) >= 11 is 0. The van der Waals surface area contributed by atoms with Gasteiger partial charge in [-0.25, -0.2) is 4.79 Å². The standard InChI is InChI=1S/C27H41N3O4.ClH/c1-9-34-26(33)18(4)14-22(17(2)3)30(8)25(32)23(27(5,6)7)29-24(31)21-15-19-12-10-11-13-20(19)16-28-21;/h10-14,17,21-23,28H,9,15-16H2,1-8H3,(H,29,31);1H/b18-14+;/t21?,22-,23-;/m1./s1. The normalized spacial score (nSPS) is 17.5. The van der Waals surface area contributed by atoms with E-state index in [0.717, 1.165) is 5.56 Å². The predicted molar refractivity (Wildman–Crippen MR) is 141 cm³/mol. The first-order chi connectivity index (χ1) is 15.9. The zero-order chi connectivity index (χ0) is 25.6. The van der Waals surface area contributed by atoms with E-state index >= 15 is 0 Å². The molecule has 0 radical (unpaired) electrons. The van der Waals surface area contributed by atoms with Crippen LogP contribution >= 0.6 is 12.4 Å². The summed E-state index contributed by atoms with van der Waals surface area (Å²) in [4.78, 5) is 40.7. The number of amides is 2. The smallest absolute Gasteiger partial charge is 0.333 e. The molecule has 2 rings (SSSR count). The number of likely N-dealkylation sites (N-methyl/N-ethyl adjacent to an activating group) is 1. The van der Waals surface area contributed by atoms with E-state index in [0.29, 0.717) is 25.1 Å². The molecule has 0 bridgehead atoms. The van der Waals surface area contributed by atoms with Crippen LogP contribution in [0.1, 0.15) is 59.6 Å². The fourth-order valence-electron chi connectivity index (χ4n) is 4.20. The first-order valence-corrected chi connectivity index (χ1v) is 12.1. The van der Waals surface area contributed by atoms with Crippen LogP contribution in [0.4, 0.5) is 0 Å². The van der Waals surface area contributed by atoms with Gasteiger partial charge in [0.2, 0.25) is 11.8 Å². The van der Waals surface area contributed by atoms with Gasteiger partial charge in [-0.3, -0.25) is 9.59 Å². The molecule has 0 saturated heterocycles. The van der Waals surface area contributed by atoms with E-state index in [1.807, 2.05) is 52.8 Å². The molecule has 196 valence electrons. The lowest BCUT2D eigenvalue weighted by Gasteiger charge is -2.38. The Kier molecular flexibility index (Phi) is 11.4. The Morgan fingerprint density at radius 1 is 1.20 bits per heavy atom. The molecule has 2 N–H and O–H groups in total. The maximum atomic E-state index is 13.7. The van der Waals surface area contributed by atoms with Crippen LogP contribution in [-0.2, 0) is 32.1 Å². The monoisotopic (exact) mass is 507 g/mol. The summed E-state index contributed by atoms with van der Waals surface area (Å²) in [5.41, 5.74) is 2.30. The van der Waals surface area contributed by atoms with E-state index in [9.17, 15) is 14.4 Å². The zero-order valence-corrected chi connectivity index (χ0v) is 23.1. The summed E-state index contributed by atoms with van der Waals surface area (Å²) in [6.07, 6.45) is 2.36. The second-order valence-electron chi connectivity index (χ2n) is 10.5. The fraction of sp³-hybridized carbons (Fsp3) is 0.593. The fourth-order valence-corrected chi connectivity index (χ4v) is 4.20. The molecule has 7 nitrogen and oxygen atoms in total. The summed E-state index contributed by atoms with van der Waals surface area (Å²) < 4.78 is 5.10. The van der Waals surface area contributed by atoms with Gasteiger partial charge in [-0.05, 0) is 42.7 Å². The topological polar surface area (TPSA) is 87.7 Å². The Hall–Kier alpha value is -2.38. The molecule has 0 aromatic heterocycles. The number of esters is 1. The molecule has 35 heavy (non-hydrogen) atoms. The second-order valence-corrected chi connectivity index (χ2v) is 10.5. The third kappa shape index (κ3) is 8.07. The molecule has 3 atom stereocenters. The SMILES string of the molecule is CCOC(=O)/C(C)=C/[C@H](C(C)C)N(C)C(=O)[C@@H](NC(=O)C1Cc2ccccc2CN1)C(C)(C)C.Cl. The van der Waals surface area contributed by atoms with E-state index in [4.69, 9.17) is 4.74 Å². The van der Waals surface area contributed by atoms with E-state index < -0.39 is 23.5 Å². The Labute approximate surface area is 216 Å². The Morgan fingerprint density at radius 3 is 2.34 bits per heavy atom. The van der Waals surface area contributed by atoms with Gasteiger partial charge in [-0.1, -0.05) is 65.0 Å². The molecule has 0 aliphatic carbocycles. The van der Waals surface area contributed by atoms with Gasteiger partial charge in [0.25, 0.3) is 0 Å². The van der Waals surface area contributed by atoms with E-state index in [-0.39, 0.29) is 36.2 Å². The highest BCUT2D eigenvalue weighted by molar-refractivity contribution is 5.91. The van der Waals surface area contributed by atoms with Crippen molar-refractivity contribution in [3.63, 3.8) is 0 Å². The molecule has 1 heterocycles. The van der Waals surface area contributed by atoms with Crippen molar-refractivity contribution in [2.24, 2.45) is 11.3 Å². The van der Waals surface area contributed by atoms with Crippen molar-refractivity contribution in [1.29, 1.82) is 0 Å². The minimum absolute atomic E-state index is 0. The van der Waals surface area contributed by atoms with E-state index in [2.05, 4.69) is 16.7 Å². The number of carbonyl (C=O) groups is 3. The van der Waals surface area contributed by atoms with Crippen molar-refractivity contribution >= 4 is 30.2 Å². The van der Waals surface area contributed by atoms with Gasteiger partial charge in [0, 0.05) is 19.2 Å². The predicted octanol–water partition coefficient (Wildman–Crippen LogP) is 3.65. The molecule has 1 aromatic carbocycles. The molecule has 1 aromatic rings. The molecule has 1 aliphatic rings. The molecule has 2 amide bonds. The highest BCUT2D eigenvalue weighted by Crippen LogP contribution is 2.24. The number of carbonyl (C=O) groups excluding carboxylic acids is 3. The minimum Gasteiger partial charge on any atom is -0.463 e. The van der Waals surface area contributed by atoms with Gasteiger partial charge in [-0.2, -0.15) is 0 Å².